The summed E-state index contributed by atoms with van der Waals surface area (Å²) >= 11 is 0. The molecule has 1 aromatic carbocycles. The zero-order valence-electron chi connectivity index (χ0n) is 9.52. The molecule has 1 aliphatic rings. The molecular formula is C13H17F2N. The summed E-state index contributed by atoms with van der Waals surface area (Å²) in [4.78, 5) is 0. The fourth-order valence-corrected chi connectivity index (χ4v) is 2.24. The Morgan fingerprint density at radius 1 is 1.19 bits per heavy atom. The van der Waals surface area contributed by atoms with Crippen molar-refractivity contribution in [1.29, 1.82) is 0 Å². The van der Waals surface area contributed by atoms with Crippen molar-refractivity contribution in [1.82, 2.24) is 5.32 Å². The SMILES string of the molecule is Cc1ccc(CC2CCNCC2)c(F)c1F. The van der Waals surface area contributed by atoms with Gasteiger partial charge in [0.05, 0.1) is 0 Å². The Kier molecular flexibility index (Phi) is 3.54. The lowest BCUT2D eigenvalue weighted by molar-refractivity contribution is 0.366. The molecule has 0 unspecified atom stereocenters. The van der Waals surface area contributed by atoms with Crippen molar-refractivity contribution in [3.63, 3.8) is 0 Å². The summed E-state index contributed by atoms with van der Waals surface area (Å²) in [6, 6.07) is 3.38. The second-order valence-electron chi connectivity index (χ2n) is 4.57. The Hall–Kier alpha value is -0.960. The summed E-state index contributed by atoms with van der Waals surface area (Å²) < 4.78 is 27.0. The Morgan fingerprint density at radius 2 is 1.88 bits per heavy atom. The van der Waals surface area contributed by atoms with Crippen molar-refractivity contribution >= 4 is 0 Å². The predicted octanol–water partition coefficient (Wildman–Crippen LogP) is 2.82. The largest absolute Gasteiger partial charge is 0.317 e. The van der Waals surface area contributed by atoms with E-state index in [2.05, 4.69) is 5.32 Å². The van der Waals surface area contributed by atoms with Crippen LogP contribution in [0, 0.1) is 24.5 Å². The Bertz CT molecular complexity index is 370. The van der Waals surface area contributed by atoms with Crippen LogP contribution in [0.5, 0.6) is 0 Å². The lowest BCUT2D eigenvalue weighted by Gasteiger charge is -2.22. The molecule has 1 nitrogen and oxygen atoms in total. The molecule has 2 rings (SSSR count). The van der Waals surface area contributed by atoms with Crippen LogP contribution in [0.4, 0.5) is 8.78 Å². The van der Waals surface area contributed by atoms with E-state index in [1.807, 2.05) is 0 Å². The molecule has 1 saturated heterocycles. The van der Waals surface area contributed by atoms with Crippen LogP contribution in [0.2, 0.25) is 0 Å². The van der Waals surface area contributed by atoms with Gasteiger partial charge in [-0.1, -0.05) is 12.1 Å². The van der Waals surface area contributed by atoms with Crippen LogP contribution in [0.25, 0.3) is 0 Å². The molecule has 0 saturated carbocycles. The second-order valence-corrected chi connectivity index (χ2v) is 4.57. The average Bonchev–Trinajstić information content (AvgIpc) is 2.31. The molecular weight excluding hydrogens is 208 g/mol. The first-order chi connectivity index (χ1) is 7.68. The quantitative estimate of drug-likeness (QED) is 0.816. The lowest BCUT2D eigenvalue weighted by Crippen LogP contribution is -2.28. The van der Waals surface area contributed by atoms with Crippen LogP contribution in [-0.2, 0) is 6.42 Å². The van der Waals surface area contributed by atoms with Crippen molar-refractivity contribution in [2.45, 2.75) is 26.2 Å². The number of nitrogens with one attached hydrogen (secondary N) is 1. The molecule has 0 radical (unpaired) electrons. The van der Waals surface area contributed by atoms with Crippen molar-refractivity contribution in [2.24, 2.45) is 5.92 Å². The maximum atomic E-state index is 13.6. The van der Waals surface area contributed by atoms with E-state index in [9.17, 15) is 8.78 Å². The van der Waals surface area contributed by atoms with E-state index >= 15 is 0 Å². The Labute approximate surface area is 94.9 Å². The van der Waals surface area contributed by atoms with Gasteiger partial charge in [-0.05, 0) is 56.3 Å². The number of hydrogen-bond donors (Lipinski definition) is 1. The highest BCUT2D eigenvalue weighted by Crippen LogP contribution is 2.22. The molecule has 3 heteroatoms. The van der Waals surface area contributed by atoms with Crippen molar-refractivity contribution < 1.29 is 8.78 Å². The molecule has 0 aromatic heterocycles. The minimum atomic E-state index is -0.688. The summed E-state index contributed by atoms with van der Waals surface area (Å²) in [5.41, 5.74) is 0.904. The molecule has 0 atom stereocenters. The van der Waals surface area contributed by atoms with Gasteiger partial charge >= 0.3 is 0 Å². The molecule has 0 spiro atoms. The minimum absolute atomic E-state index is 0.381. The first-order valence-electron chi connectivity index (χ1n) is 5.82. The summed E-state index contributed by atoms with van der Waals surface area (Å²) in [5.74, 6) is -0.858. The van der Waals surface area contributed by atoms with Crippen LogP contribution in [-0.4, -0.2) is 13.1 Å². The molecule has 16 heavy (non-hydrogen) atoms. The minimum Gasteiger partial charge on any atom is -0.317 e. The van der Waals surface area contributed by atoms with Gasteiger partial charge in [0, 0.05) is 0 Å². The number of piperidine rings is 1. The second kappa shape index (κ2) is 4.91. The standard InChI is InChI=1S/C13H17F2N/c1-9-2-3-11(13(15)12(9)14)8-10-4-6-16-7-5-10/h2-3,10,16H,4-8H2,1H3. The molecule has 1 fully saturated rings. The first kappa shape index (κ1) is 11.5. The zero-order chi connectivity index (χ0) is 11.5. The van der Waals surface area contributed by atoms with Gasteiger partial charge in [-0.25, -0.2) is 8.78 Å². The van der Waals surface area contributed by atoms with E-state index in [-0.39, 0.29) is 0 Å². The average molecular weight is 225 g/mol. The molecule has 1 aromatic rings. The number of aryl methyl sites for hydroxylation is 1. The van der Waals surface area contributed by atoms with Crippen LogP contribution in [0.15, 0.2) is 12.1 Å². The number of rotatable bonds is 2. The molecule has 0 bridgehead atoms. The van der Waals surface area contributed by atoms with Gasteiger partial charge < -0.3 is 5.32 Å². The van der Waals surface area contributed by atoms with Crippen molar-refractivity contribution in [2.75, 3.05) is 13.1 Å². The third-order valence-corrected chi connectivity index (χ3v) is 3.32. The van der Waals surface area contributed by atoms with Gasteiger partial charge in [-0.3, -0.25) is 0 Å². The number of benzene rings is 1. The summed E-state index contributed by atoms with van der Waals surface area (Å²) in [6.45, 7) is 3.56. The highest BCUT2D eigenvalue weighted by Gasteiger charge is 2.17. The monoisotopic (exact) mass is 225 g/mol. The van der Waals surface area contributed by atoms with Crippen LogP contribution in [0.3, 0.4) is 0 Å². The molecule has 1 aliphatic heterocycles. The number of halogens is 2. The fraction of sp³-hybridized carbons (Fsp3) is 0.538. The molecule has 0 amide bonds. The van der Waals surface area contributed by atoms with E-state index in [4.69, 9.17) is 0 Å². The van der Waals surface area contributed by atoms with Gasteiger partial charge in [-0.2, -0.15) is 0 Å². The van der Waals surface area contributed by atoms with Gasteiger partial charge in [0.2, 0.25) is 0 Å². The van der Waals surface area contributed by atoms with E-state index in [1.165, 1.54) is 0 Å². The van der Waals surface area contributed by atoms with Gasteiger partial charge in [0.25, 0.3) is 0 Å². The third kappa shape index (κ3) is 2.40. The lowest BCUT2D eigenvalue weighted by atomic mass is 9.90. The summed E-state index contributed by atoms with van der Waals surface area (Å²) in [6.07, 6.45) is 2.76. The number of hydrogen-bond acceptors (Lipinski definition) is 1. The van der Waals surface area contributed by atoms with Gasteiger partial charge in [0.15, 0.2) is 11.6 Å². The normalized spacial score (nSPS) is 17.7. The smallest absolute Gasteiger partial charge is 0.162 e. The molecule has 88 valence electrons. The fourth-order valence-electron chi connectivity index (χ4n) is 2.24. The topological polar surface area (TPSA) is 12.0 Å². The summed E-state index contributed by atoms with van der Waals surface area (Å²) in [7, 11) is 0. The van der Waals surface area contributed by atoms with E-state index in [0.29, 0.717) is 23.5 Å². The maximum absolute atomic E-state index is 13.6. The Balaban J connectivity index is 2.11. The Morgan fingerprint density at radius 3 is 2.56 bits per heavy atom. The van der Waals surface area contributed by atoms with Crippen molar-refractivity contribution in [3.05, 3.63) is 34.9 Å². The molecule has 1 N–H and O–H groups in total. The zero-order valence-corrected chi connectivity index (χ0v) is 9.52. The van der Waals surface area contributed by atoms with E-state index < -0.39 is 11.6 Å². The molecule has 0 aliphatic carbocycles. The highest BCUT2D eigenvalue weighted by molar-refractivity contribution is 5.25. The van der Waals surface area contributed by atoms with Crippen LogP contribution < -0.4 is 5.32 Å². The van der Waals surface area contributed by atoms with E-state index in [0.717, 1.165) is 25.9 Å². The van der Waals surface area contributed by atoms with Crippen molar-refractivity contribution in [3.8, 4) is 0 Å². The van der Waals surface area contributed by atoms with Gasteiger partial charge in [-0.15, -0.1) is 0 Å². The van der Waals surface area contributed by atoms with Crippen LogP contribution >= 0.6 is 0 Å². The van der Waals surface area contributed by atoms with Crippen LogP contribution in [0.1, 0.15) is 24.0 Å². The first-order valence-corrected chi connectivity index (χ1v) is 5.82. The highest BCUT2D eigenvalue weighted by atomic mass is 19.2. The maximum Gasteiger partial charge on any atom is 0.162 e. The van der Waals surface area contributed by atoms with Gasteiger partial charge in [0.1, 0.15) is 0 Å². The molecule has 1 heterocycles. The summed E-state index contributed by atoms with van der Waals surface area (Å²) in [5, 5.41) is 3.27. The predicted molar refractivity (Wildman–Crippen MR) is 60.4 cm³/mol. The van der Waals surface area contributed by atoms with E-state index in [1.54, 1.807) is 19.1 Å². The third-order valence-electron chi connectivity index (χ3n) is 3.32.